The lowest BCUT2D eigenvalue weighted by atomic mass is 10.2. The van der Waals surface area contributed by atoms with Crippen LogP contribution in [-0.2, 0) is 4.79 Å². The average Bonchev–Trinajstić information content (AvgIpc) is 2.26. The van der Waals surface area contributed by atoms with Gasteiger partial charge in [-0.15, -0.1) is 0 Å². The van der Waals surface area contributed by atoms with Crippen LogP contribution >= 0.6 is 0 Å². The van der Waals surface area contributed by atoms with Gasteiger partial charge in [0.1, 0.15) is 6.04 Å². The fraction of sp³-hybridized carbons (Fsp3) is 0.364. The Bertz CT molecular complexity index is 351. The van der Waals surface area contributed by atoms with Crippen LogP contribution in [0.5, 0.6) is 0 Å². The highest BCUT2D eigenvalue weighted by Gasteiger charge is 2.19. The standard InChI is InChI=1S/C11H17N3O2/c1-8(11(15)16)14(7-6-12)10-4-2-9(13)3-5-10/h2-5,8H,6-7,12-13H2,1H3,(H,15,16)/t8-/m0/s1. The molecular formula is C11H17N3O2. The maximum atomic E-state index is 10.9. The lowest BCUT2D eigenvalue weighted by Crippen LogP contribution is -2.42. The predicted molar refractivity (Wildman–Crippen MR) is 64.4 cm³/mol. The lowest BCUT2D eigenvalue weighted by Gasteiger charge is -2.28. The molecule has 0 unspecified atom stereocenters. The molecule has 5 nitrogen and oxygen atoms in total. The predicted octanol–water partition coefficient (Wildman–Crippen LogP) is 0.507. The van der Waals surface area contributed by atoms with Gasteiger partial charge in [0.15, 0.2) is 0 Å². The molecule has 5 N–H and O–H groups in total. The van der Waals surface area contributed by atoms with Crippen molar-refractivity contribution in [3.8, 4) is 0 Å². The van der Waals surface area contributed by atoms with Gasteiger partial charge in [0.25, 0.3) is 0 Å². The highest BCUT2D eigenvalue weighted by Crippen LogP contribution is 2.18. The molecule has 1 aromatic rings. The fourth-order valence-electron chi connectivity index (χ4n) is 1.48. The molecule has 0 saturated heterocycles. The molecule has 0 aliphatic carbocycles. The van der Waals surface area contributed by atoms with Gasteiger partial charge in [0, 0.05) is 24.5 Å². The minimum absolute atomic E-state index is 0.405. The van der Waals surface area contributed by atoms with Crippen molar-refractivity contribution in [3.63, 3.8) is 0 Å². The van der Waals surface area contributed by atoms with E-state index in [0.717, 1.165) is 5.69 Å². The summed E-state index contributed by atoms with van der Waals surface area (Å²) in [6, 6.07) is 6.47. The lowest BCUT2D eigenvalue weighted by molar-refractivity contribution is -0.138. The van der Waals surface area contributed by atoms with Gasteiger partial charge < -0.3 is 21.5 Å². The van der Waals surface area contributed by atoms with Crippen LogP contribution in [0.15, 0.2) is 24.3 Å². The minimum atomic E-state index is -0.870. The Morgan fingerprint density at radius 2 is 2.00 bits per heavy atom. The Morgan fingerprint density at radius 3 is 2.44 bits per heavy atom. The molecule has 1 atom stereocenters. The molecule has 0 aromatic heterocycles. The van der Waals surface area contributed by atoms with E-state index >= 15 is 0 Å². The van der Waals surface area contributed by atoms with Crippen molar-refractivity contribution in [2.45, 2.75) is 13.0 Å². The molecule has 0 bridgehead atoms. The Morgan fingerprint density at radius 1 is 1.44 bits per heavy atom. The van der Waals surface area contributed by atoms with Crippen molar-refractivity contribution >= 4 is 17.3 Å². The summed E-state index contributed by atoms with van der Waals surface area (Å²) in [5.41, 5.74) is 12.5. The summed E-state index contributed by atoms with van der Waals surface area (Å²) in [5, 5.41) is 8.99. The van der Waals surface area contributed by atoms with Crippen molar-refractivity contribution in [2.24, 2.45) is 5.73 Å². The van der Waals surface area contributed by atoms with Crippen LogP contribution < -0.4 is 16.4 Å². The Labute approximate surface area is 94.7 Å². The van der Waals surface area contributed by atoms with Gasteiger partial charge in [-0.25, -0.2) is 4.79 Å². The van der Waals surface area contributed by atoms with Gasteiger partial charge in [-0.1, -0.05) is 0 Å². The zero-order chi connectivity index (χ0) is 12.1. The first-order valence-corrected chi connectivity index (χ1v) is 5.11. The number of hydrogen-bond donors (Lipinski definition) is 3. The molecule has 0 fully saturated rings. The second-order valence-electron chi connectivity index (χ2n) is 3.59. The van der Waals surface area contributed by atoms with Gasteiger partial charge in [-0.3, -0.25) is 0 Å². The molecule has 0 amide bonds. The number of anilines is 2. The fourth-order valence-corrected chi connectivity index (χ4v) is 1.48. The van der Waals surface area contributed by atoms with Crippen molar-refractivity contribution in [2.75, 3.05) is 23.7 Å². The van der Waals surface area contributed by atoms with Crippen LogP contribution in [0.2, 0.25) is 0 Å². The molecule has 16 heavy (non-hydrogen) atoms. The molecule has 5 heteroatoms. The van der Waals surface area contributed by atoms with Crippen LogP contribution in [0.1, 0.15) is 6.92 Å². The van der Waals surface area contributed by atoms with Gasteiger partial charge in [-0.05, 0) is 31.2 Å². The molecule has 1 aromatic carbocycles. The number of benzene rings is 1. The van der Waals surface area contributed by atoms with Crippen molar-refractivity contribution in [1.82, 2.24) is 0 Å². The summed E-state index contributed by atoms with van der Waals surface area (Å²) in [5.74, 6) is -0.870. The van der Waals surface area contributed by atoms with E-state index in [1.165, 1.54) is 0 Å². The van der Waals surface area contributed by atoms with E-state index < -0.39 is 12.0 Å². The summed E-state index contributed by atoms with van der Waals surface area (Å²) >= 11 is 0. The molecule has 0 spiro atoms. The SMILES string of the molecule is C[C@@H](C(=O)O)N(CCN)c1ccc(N)cc1. The number of carboxylic acid groups (broad SMARTS) is 1. The Balaban J connectivity index is 2.92. The Hall–Kier alpha value is -1.75. The largest absolute Gasteiger partial charge is 0.480 e. The van der Waals surface area contributed by atoms with E-state index in [-0.39, 0.29) is 0 Å². The number of nitrogens with zero attached hydrogens (tertiary/aromatic N) is 1. The van der Waals surface area contributed by atoms with Crippen molar-refractivity contribution in [3.05, 3.63) is 24.3 Å². The van der Waals surface area contributed by atoms with E-state index in [2.05, 4.69) is 0 Å². The van der Waals surface area contributed by atoms with E-state index in [9.17, 15) is 4.79 Å². The van der Waals surface area contributed by atoms with Gasteiger partial charge in [0.05, 0.1) is 0 Å². The number of rotatable bonds is 5. The molecule has 88 valence electrons. The molecule has 0 radical (unpaired) electrons. The van der Waals surface area contributed by atoms with Crippen molar-refractivity contribution < 1.29 is 9.90 Å². The van der Waals surface area contributed by atoms with E-state index in [0.29, 0.717) is 18.8 Å². The first-order valence-electron chi connectivity index (χ1n) is 5.11. The number of carboxylic acids is 1. The highest BCUT2D eigenvalue weighted by atomic mass is 16.4. The third-order valence-corrected chi connectivity index (χ3v) is 2.42. The second kappa shape index (κ2) is 5.37. The quantitative estimate of drug-likeness (QED) is 0.632. The minimum Gasteiger partial charge on any atom is -0.480 e. The van der Waals surface area contributed by atoms with Crippen LogP contribution in [0, 0.1) is 0 Å². The van der Waals surface area contributed by atoms with E-state index in [4.69, 9.17) is 16.6 Å². The Kier molecular flexibility index (Phi) is 4.13. The first kappa shape index (κ1) is 12.3. The highest BCUT2D eigenvalue weighted by molar-refractivity contribution is 5.77. The first-order chi connectivity index (χ1) is 7.56. The van der Waals surface area contributed by atoms with E-state index in [1.807, 2.05) is 0 Å². The van der Waals surface area contributed by atoms with Crippen LogP contribution in [0.3, 0.4) is 0 Å². The third-order valence-electron chi connectivity index (χ3n) is 2.42. The van der Waals surface area contributed by atoms with Gasteiger partial charge in [-0.2, -0.15) is 0 Å². The number of carbonyl (C=O) groups is 1. The second-order valence-corrected chi connectivity index (χ2v) is 3.59. The molecule has 1 rings (SSSR count). The third kappa shape index (κ3) is 2.87. The molecule has 0 saturated carbocycles. The van der Waals surface area contributed by atoms with Crippen LogP contribution in [0.4, 0.5) is 11.4 Å². The number of aliphatic carboxylic acids is 1. The molecule has 0 aliphatic rings. The maximum Gasteiger partial charge on any atom is 0.326 e. The summed E-state index contributed by atoms with van der Waals surface area (Å²) in [6.45, 7) is 2.54. The normalized spacial score (nSPS) is 12.1. The number of nitrogens with two attached hydrogens (primary N) is 2. The zero-order valence-corrected chi connectivity index (χ0v) is 9.26. The summed E-state index contributed by atoms with van der Waals surface area (Å²) in [4.78, 5) is 12.7. The molecular weight excluding hydrogens is 206 g/mol. The van der Waals surface area contributed by atoms with Gasteiger partial charge in [0.2, 0.25) is 0 Å². The summed E-state index contributed by atoms with van der Waals surface area (Å²) in [7, 11) is 0. The molecule has 0 heterocycles. The monoisotopic (exact) mass is 223 g/mol. The molecule has 0 aliphatic heterocycles. The topological polar surface area (TPSA) is 92.6 Å². The summed E-state index contributed by atoms with van der Waals surface area (Å²) < 4.78 is 0. The number of nitrogen functional groups attached to an aromatic ring is 1. The number of hydrogen-bond acceptors (Lipinski definition) is 4. The maximum absolute atomic E-state index is 10.9. The van der Waals surface area contributed by atoms with Gasteiger partial charge >= 0.3 is 5.97 Å². The summed E-state index contributed by atoms with van der Waals surface area (Å²) in [6.07, 6.45) is 0. The van der Waals surface area contributed by atoms with Crippen LogP contribution in [-0.4, -0.2) is 30.2 Å². The average molecular weight is 223 g/mol. The zero-order valence-electron chi connectivity index (χ0n) is 9.26. The van der Waals surface area contributed by atoms with E-state index in [1.54, 1.807) is 36.1 Å². The smallest absolute Gasteiger partial charge is 0.326 e. The van der Waals surface area contributed by atoms with Crippen molar-refractivity contribution in [1.29, 1.82) is 0 Å². The van der Waals surface area contributed by atoms with Crippen LogP contribution in [0.25, 0.3) is 0 Å².